The first-order valence-corrected chi connectivity index (χ1v) is 5.80. The Balaban J connectivity index is 1.68. The lowest BCUT2D eigenvalue weighted by Crippen LogP contribution is -2.04. The molecule has 6 nitrogen and oxygen atoms in total. The van der Waals surface area contributed by atoms with Gasteiger partial charge in [0, 0.05) is 12.2 Å². The molecule has 104 valence electrons. The van der Waals surface area contributed by atoms with Crippen LogP contribution in [0.15, 0.2) is 57.8 Å². The van der Waals surface area contributed by atoms with E-state index in [-0.39, 0.29) is 13.2 Å². The van der Waals surface area contributed by atoms with Crippen molar-refractivity contribution < 1.29 is 27.9 Å². The molecule has 2 rings (SSSR count). The molecule has 0 amide bonds. The minimum atomic E-state index is -0.656. The van der Waals surface area contributed by atoms with E-state index < -0.39 is 11.9 Å². The zero-order valence-corrected chi connectivity index (χ0v) is 10.5. The number of carbonyl (C=O) groups is 2. The summed E-state index contributed by atoms with van der Waals surface area (Å²) >= 11 is 0. The monoisotopic (exact) mass is 276 g/mol. The van der Waals surface area contributed by atoms with E-state index in [0.29, 0.717) is 11.5 Å². The summed E-state index contributed by atoms with van der Waals surface area (Å²) in [4.78, 5) is 22.6. The largest absolute Gasteiger partial charge is 0.466 e. The molecule has 0 radical (unpaired) electrons. The molecule has 0 aromatic carbocycles. The SMILES string of the molecule is O=C(/C=C\C(=O)OCc1ccco1)OCc1ccco1. The van der Waals surface area contributed by atoms with Gasteiger partial charge in [-0.3, -0.25) is 0 Å². The third-order valence-electron chi connectivity index (χ3n) is 2.23. The molecule has 2 aromatic rings. The van der Waals surface area contributed by atoms with Gasteiger partial charge in [-0.05, 0) is 24.3 Å². The first-order chi connectivity index (χ1) is 9.74. The van der Waals surface area contributed by atoms with Crippen molar-refractivity contribution in [1.29, 1.82) is 0 Å². The van der Waals surface area contributed by atoms with Crippen molar-refractivity contribution in [2.75, 3.05) is 0 Å². The van der Waals surface area contributed by atoms with Crippen LogP contribution in [-0.2, 0) is 32.3 Å². The molecule has 0 fully saturated rings. The molecule has 6 heteroatoms. The summed E-state index contributed by atoms with van der Waals surface area (Å²) in [6, 6.07) is 6.72. The highest BCUT2D eigenvalue weighted by atomic mass is 16.5. The number of hydrogen-bond acceptors (Lipinski definition) is 6. The maximum atomic E-state index is 11.3. The van der Waals surface area contributed by atoms with Crippen LogP contribution in [0.1, 0.15) is 11.5 Å². The summed E-state index contributed by atoms with van der Waals surface area (Å²) in [5, 5.41) is 0. The lowest BCUT2D eigenvalue weighted by atomic mass is 10.4. The molecule has 0 aliphatic carbocycles. The van der Waals surface area contributed by atoms with E-state index >= 15 is 0 Å². The van der Waals surface area contributed by atoms with Crippen molar-refractivity contribution in [1.82, 2.24) is 0 Å². The molecule has 20 heavy (non-hydrogen) atoms. The van der Waals surface area contributed by atoms with Crippen molar-refractivity contribution in [3.63, 3.8) is 0 Å². The molecule has 0 bridgehead atoms. The summed E-state index contributed by atoms with van der Waals surface area (Å²) in [6.45, 7) is 0.0230. The van der Waals surface area contributed by atoms with Gasteiger partial charge in [0.15, 0.2) is 0 Å². The Hall–Kier alpha value is -2.76. The van der Waals surface area contributed by atoms with Gasteiger partial charge in [-0.1, -0.05) is 0 Å². The van der Waals surface area contributed by atoms with Crippen LogP contribution in [0.2, 0.25) is 0 Å². The molecule has 0 saturated carbocycles. The van der Waals surface area contributed by atoms with Crippen LogP contribution in [0.5, 0.6) is 0 Å². The van der Waals surface area contributed by atoms with Crippen molar-refractivity contribution >= 4 is 11.9 Å². The first kappa shape index (κ1) is 13.7. The van der Waals surface area contributed by atoms with Crippen LogP contribution in [0.25, 0.3) is 0 Å². The highest BCUT2D eigenvalue weighted by Crippen LogP contribution is 2.03. The Morgan fingerprint density at radius 3 is 1.70 bits per heavy atom. The van der Waals surface area contributed by atoms with E-state index in [0.717, 1.165) is 12.2 Å². The number of carbonyl (C=O) groups excluding carboxylic acids is 2. The molecular weight excluding hydrogens is 264 g/mol. The lowest BCUT2D eigenvalue weighted by molar-refractivity contribution is -0.142. The first-order valence-electron chi connectivity index (χ1n) is 5.80. The topological polar surface area (TPSA) is 78.9 Å². The van der Waals surface area contributed by atoms with Crippen molar-refractivity contribution in [3.05, 3.63) is 60.5 Å². The summed E-state index contributed by atoms with van der Waals surface area (Å²) in [5.41, 5.74) is 0. The predicted octanol–water partition coefficient (Wildman–Crippen LogP) is 2.22. The minimum absolute atomic E-state index is 0.0115. The summed E-state index contributed by atoms with van der Waals surface area (Å²) in [5.74, 6) is -0.271. The Labute approximate surface area is 114 Å². The summed E-state index contributed by atoms with van der Waals surface area (Å²) < 4.78 is 19.7. The molecule has 0 spiro atoms. The van der Waals surface area contributed by atoms with Gasteiger partial charge in [0.05, 0.1) is 12.5 Å². The summed E-state index contributed by atoms with van der Waals surface area (Å²) in [7, 11) is 0. The standard InChI is InChI=1S/C14H12O6/c15-13(19-9-11-3-1-7-17-11)5-6-14(16)20-10-12-4-2-8-18-12/h1-8H,9-10H2/b6-5-. The Bertz CT molecular complexity index is 513. The fourth-order valence-electron chi connectivity index (χ4n) is 1.31. The second kappa shape index (κ2) is 6.98. The van der Waals surface area contributed by atoms with E-state index in [1.54, 1.807) is 24.3 Å². The lowest BCUT2D eigenvalue weighted by Gasteiger charge is -1.99. The number of rotatable bonds is 6. The van der Waals surface area contributed by atoms with Crippen molar-refractivity contribution in [2.45, 2.75) is 13.2 Å². The molecule has 2 heterocycles. The van der Waals surface area contributed by atoms with Crippen molar-refractivity contribution in [2.24, 2.45) is 0 Å². The Morgan fingerprint density at radius 2 is 1.35 bits per heavy atom. The van der Waals surface area contributed by atoms with Gasteiger partial charge >= 0.3 is 11.9 Å². The van der Waals surface area contributed by atoms with Gasteiger partial charge in [0.2, 0.25) is 0 Å². The number of esters is 2. The normalized spacial score (nSPS) is 10.6. The molecular formula is C14H12O6. The third kappa shape index (κ3) is 4.49. The minimum Gasteiger partial charge on any atom is -0.466 e. The fraction of sp³-hybridized carbons (Fsp3) is 0.143. The third-order valence-corrected chi connectivity index (χ3v) is 2.23. The van der Waals surface area contributed by atoms with Crippen LogP contribution >= 0.6 is 0 Å². The van der Waals surface area contributed by atoms with Gasteiger partial charge in [0.25, 0.3) is 0 Å². The molecule has 0 saturated heterocycles. The maximum absolute atomic E-state index is 11.3. The average molecular weight is 276 g/mol. The van der Waals surface area contributed by atoms with Crippen LogP contribution in [0, 0.1) is 0 Å². The van der Waals surface area contributed by atoms with Gasteiger partial charge in [0.1, 0.15) is 24.7 Å². The molecule has 0 unspecified atom stereocenters. The zero-order chi connectivity index (χ0) is 14.2. The highest BCUT2D eigenvalue weighted by molar-refractivity contribution is 5.91. The average Bonchev–Trinajstić information content (AvgIpc) is 3.13. The summed E-state index contributed by atoms with van der Waals surface area (Å²) in [6.07, 6.45) is 4.94. The molecule has 2 aromatic heterocycles. The quantitative estimate of drug-likeness (QED) is 0.594. The Kier molecular flexibility index (Phi) is 4.77. The predicted molar refractivity (Wildman–Crippen MR) is 66.1 cm³/mol. The zero-order valence-electron chi connectivity index (χ0n) is 10.5. The van der Waals surface area contributed by atoms with Crippen LogP contribution in [-0.4, -0.2) is 11.9 Å². The van der Waals surface area contributed by atoms with Crippen LogP contribution in [0.3, 0.4) is 0 Å². The second-order valence-corrected chi connectivity index (χ2v) is 3.71. The van der Waals surface area contributed by atoms with Crippen LogP contribution in [0.4, 0.5) is 0 Å². The van der Waals surface area contributed by atoms with E-state index in [4.69, 9.17) is 18.3 Å². The van der Waals surface area contributed by atoms with E-state index in [1.165, 1.54) is 12.5 Å². The second-order valence-electron chi connectivity index (χ2n) is 3.71. The molecule has 0 N–H and O–H groups in total. The van der Waals surface area contributed by atoms with Crippen molar-refractivity contribution in [3.8, 4) is 0 Å². The van der Waals surface area contributed by atoms with Gasteiger partial charge < -0.3 is 18.3 Å². The smallest absolute Gasteiger partial charge is 0.331 e. The van der Waals surface area contributed by atoms with E-state index in [1.807, 2.05) is 0 Å². The molecule has 0 aliphatic heterocycles. The van der Waals surface area contributed by atoms with Gasteiger partial charge in [-0.15, -0.1) is 0 Å². The number of hydrogen-bond donors (Lipinski definition) is 0. The van der Waals surface area contributed by atoms with Gasteiger partial charge in [-0.25, -0.2) is 9.59 Å². The van der Waals surface area contributed by atoms with Crippen LogP contribution < -0.4 is 0 Å². The number of furan rings is 2. The fourth-order valence-corrected chi connectivity index (χ4v) is 1.31. The number of ether oxygens (including phenoxy) is 2. The Morgan fingerprint density at radius 1 is 0.900 bits per heavy atom. The van der Waals surface area contributed by atoms with E-state index in [9.17, 15) is 9.59 Å². The highest BCUT2D eigenvalue weighted by Gasteiger charge is 2.04. The van der Waals surface area contributed by atoms with E-state index in [2.05, 4.69) is 0 Å². The molecule has 0 aliphatic rings. The maximum Gasteiger partial charge on any atom is 0.331 e. The van der Waals surface area contributed by atoms with Gasteiger partial charge in [-0.2, -0.15) is 0 Å². The molecule has 0 atom stereocenters.